The number of rotatable bonds is 5. The highest BCUT2D eigenvalue weighted by atomic mass is 32.1. The van der Waals surface area contributed by atoms with E-state index >= 15 is 0 Å². The van der Waals surface area contributed by atoms with Crippen LogP contribution in [0, 0.1) is 20.8 Å². The molecule has 0 spiro atoms. The number of aryl methyl sites for hydroxylation is 3. The zero-order valence-corrected chi connectivity index (χ0v) is 18.0. The van der Waals surface area contributed by atoms with Gasteiger partial charge in [0, 0.05) is 29.6 Å². The van der Waals surface area contributed by atoms with Crippen molar-refractivity contribution in [3.63, 3.8) is 0 Å². The molecule has 0 aliphatic heterocycles. The summed E-state index contributed by atoms with van der Waals surface area (Å²) in [4.78, 5) is 30.7. The lowest BCUT2D eigenvalue weighted by molar-refractivity contribution is -0.116. The van der Waals surface area contributed by atoms with Gasteiger partial charge in [-0.25, -0.2) is 4.98 Å². The van der Waals surface area contributed by atoms with Gasteiger partial charge in [0.2, 0.25) is 5.91 Å². The van der Waals surface area contributed by atoms with Gasteiger partial charge in [-0.1, -0.05) is 42.0 Å². The molecule has 6 heteroatoms. The average Bonchev–Trinajstić information content (AvgIpc) is 3.16. The average molecular weight is 418 g/mol. The van der Waals surface area contributed by atoms with E-state index in [-0.39, 0.29) is 24.4 Å². The standard InChI is InChI=1S/C24H23N3O2S/c1-15-7-9-18(10-8-15)19-13-30-23-22(19)24(29)27(14-25-23)12-11-21(28)26-20-6-4-5-16(2)17(20)3/h4-10,13-14H,11-12H2,1-3H3,(H,26,28). The monoisotopic (exact) mass is 417 g/mol. The van der Waals surface area contributed by atoms with E-state index in [1.165, 1.54) is 27.8 Å². The second-order valence-electron chi connectivity index (χ2n) is 7.48. The number of hydrogen-bond acceptors (Lipinski definition) is 4. The number of anilines is 1. The number of nitrogens with one attached hydrogen (secondary N) is 1. The van der Waals surface area contributed by atoms with Gasteiger partial charge >= 0.3 is 0 Å². The summed E-state index contributed by atoms with van der Waals surface area (Å²) in [5.74, 6) is -0.125. The molecule has 4 rings (SSSR count). The summed E-state index contributed by atoms with van der Waals surface area (Å²) in [6, 6.07) is 13.9. The van der Waals surface area contributed by atoms with Crippen molar-refractivity contribution in [1.29, 1.82) is 0 Å². The van der Waals surface area contributed by atoms with Gasteiger partial charge in [0.05, 0.1) is 11.7 Å². The normalized spacial score (nSPS) is 11.0. The molecule has 0 unspecified atom stereocenters. The van der Waals surface area contributed by atoms with E-state index in [0.717, 1.165) is 27.9 Å². The number of carbonyl (C=O) groups excluding carboxylic acids is 1. The molecule has 0 radical (unpaired) electrons. The number of hydrogen-bond donors (Lipinski definition) is 1. The quantitative estimate of drug-likeness (QED) is 0.493. The Morgan fingerprint density at radius 2 is 1.87 bits per heavy atom. The van der Waals surface area contributed by atoms with Crippen molar-refractivity contribution in [3.05, 3.63) is 81.2 Å². The van der Waals surface area contributed by atoms with Crippen LogP contribution in [0.3, 0.4) is 0 Å². The number of fused-ring (bicyclic) bond motifs is 1. The molecule has 2 aromatic carbocycles. The number of carbonyl (C=O) groups is 1. The van der Waals surface area contributed by atoms with Crippen molar-refractivity contribution >= 4 is 33.1 Å². The van der Waals surface area contributed by atoms with Gasteiger partial charge in [0.15, 0.2) is 0 Å². The first-order valence-electron chi connectivity index (χ1n) is 9.84. The first kappa shape index (κ1) is 20.0. The number of aromatic nitrogens is 2. The van der Waals surface area contributed by atoms with E-state index in [4.69, 9.17) is 0 Å². The summed E-state index contributed by atoms with van der Waals surface area (Å²) in [7, 11) is 0. The lowest BCUT2D eigenvalue weighted by atomic mass is 10.1. The van der Waals surface area contributed by atoms with E-state index in [2.05, 4.69) is 10.3 Å². The van der Waals surface area contributed by atoms with E-state index < -0.39 is 0 Å². The molecule has 30 heavy (non-hydrogen) atoms. The Morgan fingerprint density at radius 1 is 1.10 bits per heavy atom. The van der Waals surface area contributed by atoms with Crippen LogP contribution < -0.4 is 10.9 Å². The molecular formula is C24H23N3O2S. The van der Waals surface area contributed by atoms with Gasteiger partial charge in [-0.05, 0) is 43.5 Å². The highest BCUT2D eigenvalue weighted by Crippen LogP contribution is 2.30. The lowest BCUT2D eigenvalue weighted by Crippen LogP contribution is -2.23. The van der Waals surface area contributed by atoms with Crippen molar-refractivity contribution in [2.75, 3.05) is 5.32 Å². The molecule has 0 aliphatic rings. The fraction of sp³-hybridized carbons (Fsp3) is 0.208. The van der Waals surface area contributed by atoms with Crippen molar-refractivity contribution in [1.82, 2.24) is 9.55 Å². The number of amides is 1. The summed E-state index contributed by atoms with van der Waals surface area (Å²) in [6.45, 7) is 6.31. The molecule has 0 bridgehead atoms. The van der Waals surface area contributed by atoms with Crippen molar-refractivity contribution in [2.45, 2.75) is 33.7 Å². The van der Waals surface area contributed by atoms with Gasteiger partial charge < -0.3 is 5.32 Å². The molecule has 4 aromatic rings. The highest BCUT2D eigenvalue weighted by molar-refractivity contribution is 7.17. The summed E-state index contributed by atoms with van der Waals surface area (Å²) >= 11 is 1.46. The molecule has 1 N–H and O–H groups in total. The minimum absolute atomic E-state index is 0.114. The Labute approximate surface area is 179 Å². The predicted molar refractivity (Wildman–Crippen MR) is 123 cm³/mol. The molecule has 5 nitrogen and oxygen atoms in total. The van der Waals surface area contributed by atoms with E-state index in [1.807, 2.05) is 68.6 Å². The van der Waals surface area contributed by atoms with Crippen LogP contribution in [0.4, 0.5) is 5.69 Å². The first-order valence-corrected chi connectivity index (χ1v) is 10.7. The smallest absolute Gasteiger partial charge is 0.262 e. The molecule has 2 heterocycles. The van der Waals surface area contributed by atoms with Crippen LogP contribution in [0.25, 0.3) is 21.3 Å². The second kappa shape index (κ2) is 8.24. The van der Waals surface area contributed by atoms with Gasteiger partial charge in [0.25, 0.3) is 5.56 Å². The minimum Gasteiger partial charge on any atom is -0.326 e. The Morgan fingerprint density at radius 3 is 2.63 bits per heavy atom. The van der Waals surface area contributed by atoms with Crippen LogP contribution in [0.15, 0.2) is 59.0 Å². The fourth-order valence-electron chi connectivity index (χ4n) is 3.39. The van der Waals surface area contributed by atoms with Crippen LogP contribution in [-0.2, 0) is 11.3 Å². The largest absolute Gasteiger partial charge is 0.326 e. The van der Waals surface area contributed by atoms with Crippen LogP contribution in [0.1, 0.15) is 23.1 Å². The minimum atomic E-state index is -0.125. The molecule has 0 atom stereocenters. The Hall–Kier alpha value is -3.25. The van der Waals surface area contributed by atoms with Crippen LogP contribution in [0.5, 0.6) is 0 Å². The third-order valence-electron chi connectivity index (χ3n) is 5.38. The fourth-order valence-corrected chi connectivity index (χ4v) is 4.30. The predicted octanol–water partition coefficient (Wildman–Crippen LogP) is 5.08. The van der Waals surface area contributed by atoms with Crippen LogP contribution in [0.2, 0.25) is 0 Å². The zero-order chi connectivity index (χ0) is 21.3. The van der Waals surface area contributed by atoms with E-state index in [9.17, 15) is 9.59 Å². The molecular weight excluding hydrogens is 394 g/mol. The molecule has 0 aliphatic carbocycles. The van der Waals surface area contributed by atoms with Crippen LogP contribution >= 0.6 is 11.3 Å². The SMILES string of the molecule is Cc1ccc(-c2csc3ncn(CCC(=O)Nc4cccc(C)c4C)c(=O)c23)cc1. The first-order chi connectivity index (χ1) is 14.4. The topological polar surface area (TPSA) is 64.0 Å². The van der Waals surface area contributed by atoms with Gasteiger partial charge in [-0.15, -0.1) is 11.3 Å². The van der Waals surface area contributed by atoms with Crippen molar-refractivity contribution in [2.24, 2.45) is 0 Å². The van der Waals surface area contributed by atoms with E-state index in [1.54, 1.807) is 0 Å². The Kier molecular flexibility index (Phi) is 5.50. The number of nitrogens with zero attached hydrogens (tertiary/aromatic N) is 2. The number of thiophene rings is 1. The third-order valence-corrected chi connectivity index (χ3v) is 6.27. The second-order valence-corrected chi connectivity index (χ2v) is 8.34. The molecule has 0 saturated heterocycles. The Balaban J connectivity index is 1.56. The Bertz CT molecular complexity index is 1290. The van der Waals surface area contributed by atoms with E-state index in [0.29, 0.717) is 10.2 Å². The third kappa shape index (κ3) is 3.91. The van der Waals surface area contributed by atoms with Crippen molar-refractivity contribution < 1.29 is 4.79 Å². The molecule has 1 amide bonds. The molecule has 152 valence electrons. The maximum Gasteiger partial charge on any atom is 0.262 e. The molecule has 0 fully saturated rings. The summed E-state index contributed by atoms with van der Waals surface area (Å²) in [5, 5.41) is 5.53. The zero-order valence-electron chi connectivity index (χ0n) is 17.2. The summed E-state index contributed by atoms with van der Waals surface area (Å²) in [6.07, 6.45) is 1.73. The highest BCUT2D eigenvalue weighted by Gasteiger charge is 2.14. The maximum atomic E-state index is 13.1. The summed E-state index contributed by atoms with van der Waals surface area (Å²) in [5.41, 5.74) is 5.92. The maximum absolute atomic E-state index is 13.1. The molecule has 2 aromatic heterocycles. The van der Waals surface area contributed by atoms with Gasteiger partial charge in [-0.2, -0.15) is 0 Å². The summed E-state index contributed by atoms with van der Waals surface area (Å²) < 4.78 is 1.52. The lowest BCUT2D eigenvalue weighted by Gasteiger charge is -2.11. The van der Waals surface area contributed by atoms with Crippen LogP contribution in [-0.4, -0.2) is 15.5 Å². The molecule has 0 saturated carbocycles. The van der Waals surface area contributed by atoms with Gasteiger partial charge in [0.1, 0.15) is 4.83 Å². The van der Waals surface area contributed by atoms with Gasteiger partial charge in [-0.3, -0.25) is 14.2 Å². The van der Waals surface area contributed by atoms with Crippen molar-refractivity contribution in [3.8, 4) is 11.1 Å². The number of benzene rings is 2.